The highest BCUT2D eigenvalue weighted by Crippen LogP contribution is 2.25. The standard InChI is InChI=1S/C16H29N3O2/c1-14-4-6-16(7-5-14)21-13-15(20)12-17-8-2-10-19-11-3-9-18-19/h3,9,11,14-17,20H,2,4-8,10,12-13H2,1H3. The third-order valence-electron chi connectivity index (χ3n) is 4.17. The predicted molar refractivity (Wildman–Crippen MR) is 83.1 cm³/mol. The van der Waals surface area contributed by atoms with E-state index in [1.807, 2.05) is 16.9 Å². The van der Waals surface area contributed by atoms with Crippen molar-refractivity contribution < 1.29 is 9.84 Å². The second kappa shape index (κ2) is 9.18. The maximum absolute atomic E-state index is 9.91. The largest absolute Gasteiger partial charge is 0.389 e. The Bertz CT molecular complexity index is 362. The first-order chi connectivity index (χ1) is 10.2. The van der Waals surface area contributed by atoms with E-state index in [2.05, 4.69) is 17.3 Å². The number of nitrogens with zero attached hydrogens (tertiary/aromatic N) is 2. The van der Waals surface area contributed by atoms with E-state index in [4.69, 9.17) is 4.74 Å². The van der Waals surface area contributed by atoms with E-state index < -0.39 is 6.10 Å². The number of hydrogen-bond acceptors (Lipinski definition) is 4. The molecule has 5 nitrogen and oxygen atoms in total. The van der Waals surface area contributed by atoms with Crippen molar-refractivity contribution in [2.75, 3.05) is 19.7 Å². The van der Waals surface area contributed by atoms with E-state index in [-0.39, 0.29) is 0 Å². The number of aliphatic hydroxyl groups excluding tert-OH is 1. The SMILES string of the molecule is CC1CCC(OCC(O)CNCCCn2cccn2)CC1. The van der Waals surface area contributed by atoms with Gasteiger partial charge < -0.3 is 15.2 Å². The van der Waals surface area contributed by atoms with E-state index in [1.54, 1.807) is 6.20 Å². The molecule has 1 aromatic rings. The van der Waals surface area contributed by atoms with Crippen LogP contribution >= 0.6 is 0 Å². The van der Waals surface area contributed by atoms with Crippen molar-refractivity contribution in [3.05, 3.63) is 18.5 Å². The minimum Gasteiger partial charge on any atom is -0.389 e. The molecule has 120 valence electrons. The molecule has 0 radical (unpaired) electrons. The summed E-state index contributed by atoms with van der Waals surface area (Å²) in [4.78, 5) is 0. The summed E-state index contributed by atoms with van der Waals surface area (Å²) in [6.45, 7) is 5.15. The lowest BCUT2D eigenvalue weighted by Gasteiger charge is -2.27. The Morgan fingerprint density at radius 3 is 2.90 bits per heavy atom. The number of ether oxygens (including phenoxy) is 1. The molecule has 2 N–H and O–H groups in total. The topological polar surface area (TPSA) is 59.3 Å². The number of aromatic nitrogens is 2. The molecular formula is C16H29N3O2. The molecule has 21 heavy (non-hydrogen) atoms. The van der Waals surface area contributed by atoms with Gasteiger partial charge >= 0.3 is 0 Å². The van der Waals surface area contributed by atoms with Gasteiger partial charge in [0.2, 0.25) is 0 Å². The third-order valence-corrected chi connectivity index (χ3v) is 4.17. The summed E-state index contributed by atoms with van der Waals surface area (Å²) in [5.41, 5.74) is 0. The van der Waals surface area contributed by atoms with Crippen LogP contribution in [0.4, 0.5) is 0 Å². The summed E-state index contributed by atoms with van der Waals surface area (Å²) < 4.78 is 7.73. The van der Waals surface area contributed by atoms with Gasteiger partial charge in [0, 0.05) is 25.5 Å². The quantitative estimate of drug-likeness (QED) is 0.682. The maximum atomic E-state index is 9.91. The van der Waals surface area contributed by atoms with Crippen LogP contribution in [0.15, 0.2) is 18.5 Å². The predicted octanol–water partition coefficient (Wildman–Crippen LogP) is 1.82. The zero-order chi connectivity index (χ0) is 14.9. The minimum absolute atomic E-state index is 0.357. The molecule has 5 heteroatoms. The molecule has 0 aromatic carbocycles. The average Bonchev–Trinajstić information content (AvgIpc) is 2.99. The van der Waals surface area contributed by atoms with Gasteiger partial charge in [0.05, 0.1) is 18.8 Å². The van der Waals surface area contributed by atoms with Crippen molar-refractivity contribution in [3.63, 3.8) is 0 Å². The molecular weight excluding hydrogens is 266 g/mol. The zero-order valence-corrected chi connectivity index (χ0v) is 13.1. The minimum atomic E-state index is -0.408. The van der Waals surface area contributed by atoms with Crippen molar-refractivity contribution in [3.8, 4) is 0 Å². The second-order valence-corrected chi connectivity index (χ2v) is 6.20. The van der Waals surface area contributed by atoms with Gasteiger partial charge in [-0.2, -0.15) is 5.10 Å². The van der Waals surface area contributed by atoms with E-state index in [1.165, 1.54) is 12.8 Å². The van der Waals surface area contributed by atoms with Crippen molar-refractivity contribution in [1.82, 2.24) is 15.1 Å². The van der Waals surface area contributed by atoms with Crippen molar-refractivity contribution >= 4 is 0 Å². The normalized spacial score (nSPS) is 24.1. The number of aryl methyl sites for hydroxylation is 1. The van der Waals surface area contributed by atoms with E-state index in [9.17, 15) is 5.11 Å². The number of aliphatic hydroxyl groups is 1. The third kappa shape index (κ3) is 6.59. The van der Waals surface area contributed by atoms with Gasteiger partial charge in [-0.1, -0.05) is 6.92 Å². The lowest BCUT2D eigenvalue weighted by molar-refractivity contribution is -0.0277. The van der Waals surface area contributed by atoms with E-state index in [0.717, 1.165) is 38.3 Å². The zero-order valence-electron chi connectivity index (χ0n) is 13.1. The second-order valence-electron chi connectivity index (χ2n) is 6.20. The summed E-state index contributed by atoms with van der Waals surface area (Å²) in [5, 5.41) is 17.3. The van der Waals surface area contributed by atoms with Crippen LogP contribution in [-0.4, -0.2) is 46.8 Å². The van der Waals surface area contributed by atoms with Crippen LogP contribution in [0.5, 0.6) is 0 Å². The Balaban J connectivity index is 1.45. The van der Waals surface area contributed by atoms with Crippen molar-refractivity contribution in [2.24, 2.45) is 5.92 Å². The number of rotatable bonds is 9. The summed E-state index contributed by atoms with van der Waals surface area (Å²) in [5.74, 6) is 0.839. The average molecular weight is 295 g/mol. The Hall–Kier alpha value is -0.910. The molecule has 0 amide bonds. The highest BCUT2D eigenvalue weighted by Gasteiger charge is 2.19. The molecule has 1 aliphatic rings. The number of hydrogen-bond donors (Lipinski definition) is 2. The summed E-state index contributed by atoms with van der Waals surface area (Å²) >= 11 is 0. The fourth-order valence-electron chi connectivity index (χ4n) is 2.77. The van der Waals surface area contributed by atoms with E-state index >= 15 is 0 Å². The van der Waals surface area contributed by atoms with Crippen LogP contribution < -0.4 is 5.32 Å². The fraction of sp³-hybridized carbons (Fsp3) is 0.812. The lowest BCUT2D eigenvalue weighted by atomic mass is 9.89. The Morgan fingerprint density at radius 1 is 1.38 bits per heavy atom. The first kappa shape index (κ1) is 16.5. The highest BCUT2D eigenvalue weighted by atomic mass is 16.5. The summed E-state index contributed by atoms with van der Waals surface area (Å²) in [6.07, 6.45) is 9.52. The maximum Gasteiger partial charge on any atom is 0.0897 e. The Kier molecular flexibility index (Phi) is 7.19. The van der Waals surface area contributed by atoms with Gasteiger partial charge in [0.1, 0.15) is 0 Å². The summed E-state index contributed by atoms with van der Waals surface area (Å²) in [6, 6.07) is 1.93. The van der Waals surface area contributed by atoms with Gasteiger partial charge in [-0.3, -0.25) is 4.68 Å². The fourth-order valence-corrected chi connectivity index (χ4v) is 2.77. The van der Waals surface area contributed by atoms with Crippen LogP contribution in [0.2, 0.25) is 0 Å². The van der Waals surface area contributed by atoms with Gasteiger partial charge in [-0.05, 0) is 50.6 Å². The first-order valence-corrected chi connectivity index (χ1v) is 8.22. The molecule has 2 rings (SSSR count). The molecule has 0 bridgehead atoms. The molecule has 0 spiro atoms. The molecule has 1 saturated carbocycles. The van der Waals surface area contributed by atoms with Crippen LogP contribution in [0, 0.1) is 5.92 Å². The molecule has 0 aliphatic heterocycles. The molecule has 1 heterocycles. The molecule has 1 fully saturated rings. The molecule has 1 unspecified atom stereocenters. The van der Waals surface area contributed by atoms with E-state index in [0.29, 0.717) is 19.3 Å². The molecule has 1 aliphatic carbocycles. The Morgan fingerprint density at radius 2 is 2.19 bits per heavy atom. The van der Waals surface area contributed by atoms with Gasteiger partial charge in [0.15, 0.2) is 0 Å². The summed E-state index contributed by atoms with van der Waals surface area (Å²) in [7, 11) is 0. The number of nitrogens with one attached hydrogen (secondary N) is 1. The highest BCUT2D eigenvalue weighted by molar-refractivity contribution is 4.77. The van der Waals surface area contributed by atoms with Gasteiger partial charge in [-0.25, -0.2) is 0 Å². The van der Waals surface area contributed by atoms with Gasteiger partial charge in [0.25, 0.3) is 0 Å². The monoisotopic (exact) mass is 295 g/mol. The Labute approximate surface area is 127 Å². The lowest BCUT2D eigenvalue weighted by Crippen LogP contribution is -2.33. The van der Waals surface area contributed by atoms with Gasteiger partial charge in [-0.15, -0.1) is 0 Å². The van der Waals surface area contributed by atoms with Crippen LogP contribution in [-0.2, 0) is 11.3 Å². The van der Waals surface area contributed by atoms with Crippen molar-refractivity contribution in [2.45, 2.75) is 57.8 Å². The molecule has 0 saturated heterocycles. The smallest absolute Gasteiger partial charge is 0.0897 e. The molecule has 1 atom stereocenters. The van der Waals surface area contributed by atoms with Crippen LogP contribution in [0.1, 0.15) is 39.0 Å². The van der Waals surface area contributed by atoms with Crippen molar-refractivity contribution in [1.29, 1.82) is 0 Å². The van der Waals surface area contributed by atoms with Crippen LogP contribution in [0.25, 0.3) is 0 Å². The first-order valence-electron chi connectivity index (χ1n) is 8.22. The molecule has 1 aromatic heterocycles. The van der Waals surface area contributed by atoms with Crippen LogP contribution in [0.3, 0.4) is 0 Å².